The molecule has 14 heteroatoms. The highest BCUT2D eigenvalue weighted by Gasteiger charge is 2.34. The van der Waals surface area contributed by atoms with Crippen molar-refractivity contribution in [2.75, 3.05) is 50.4 Å². The molecule has 0 aliphatic carbocycles. The fourth-order valence-corrected chi connectivity index (χ4v) is 6.84. The Morgan fingerprint density at radius 3 is 2.50 bits per heavy atom. The summed E-state index contributed by atoms with van der Waals surface area (Å²) in [5, 5.41) is 0.510. The second-order valence-corrected chi connectivity index (χ2v) is 12.3. The Morgan fingerprint density at radius 2 is 1.87 bits per heavy atom. The SMILES string of the molecule is CC[C@H]1CN(c2nc(N)c(C(N)=O)nc2Cl)CCN1C1CCN(Cc2ccc(Cl)cc2S(=O)(=O)NC)CC1. The second-order valence-electron chi connectivity index (χ2n) is 9.65. The van der Waals surface area contributed by atoms with E-state index in [0.717, 1.165) is 51.0 Å². The van der Waals surface area contributed by atoms with Crippen LogP contribution < -0.4 is 21.1 Å². The summed E-state index contributed by atoms with van der Waals surface area (Å²) in [5.41, 5.74) is 11.8. The van der Waals surface area contributed by atoms with Crippen LogP contribution in [-0.2, 0) is 16.6 Å². The number of piperazine rings is 1. The van der Waals surface area contributed by atoms with E-state index in [2.05, 4.69) is 36.3 Å². The van der Waals surface area contributed by atoms with Crippen LogP contribution in [0.3, 0.4) is 0 Å². The number of aromatic nitrogens is 2. The smallest absolute Gasteiger partial charge is 0.271 e. The maximum atomic E-state index is 12.5. The molecule has 1 aromatic heterocycles. The maximum absolute atomic E-state index is 12.5. The zero-order valence-corrected chi connectivity index (χ0v) is 23.9. The zero-order chi connectivity index (χ0) is 27.6. The van der Waals surface area contributed by atoms with E-state index in [1.807, 2.05) is 0 Å². The number of nitrogens with zero attached hydrogens (tertiary/aromatic N) is 5. The van der Waals surface area contributed by atoms with E-state index in [1.165, 1.54) is 13.1 Å². The van der Waals surface area contributed by atoms with E-state index in [4.69, 9.17) is 34.7 Å². The van der Waals surface area contributed by atoms with Gasteiger partial charge in [0.15, 0.2) is 22.5 Å². The van der Waals surface area contributed by atoms with Gasteiger partial charge in [0.1, 0.15) is 0 Å². The summed E-state index contributed by atoms with van der Waals surface area (Å²) in [4.78, 5) is 27.1. The van der Waals surface area contributed by atoms with E-state index >= 15 is 0 Å². The Morgan fingerprint density at radius 1 is 1.16 bits per heavy atom. The van der Waals surface area contributed by atoms with Crippen molar-refractivity contribution in [3.63, 3.8) is 0 Å². The fraction of sp³-hybridized carbons (Fsp3) is 0.542. The molecule has 2 fully saturated rings. The second kappa shape index (κ2) is 11.9. The van der Waals surface area contributed by atoms with Gasteiger partial charge in [-0.2, -0.15) is 0 Å². The molecule has 11 nitrogen and oxygen atoms in total. The lowest BCUT2D eigenvalue weighted by atomic mass is 9.98. The number of hydrogen-bond acceptors (Lipinski definition) is 9. The van der Waals surface area contributed by atoms with Crippen molar-refractivity contribution in [1.29, 1.82) is 0 Å². The van der Waals surface area contributed by atoms with Crippen LogP contribution in [0.1, 0.15) is 42.2 Å². The fourth-order valence-electron chi connectivity index (χ4n) is 5.38. The van der Waals surface area contributed by atoms with Gasteiger partial charge in [0.2, 0.25) is 10.0 Å². The van der Waals surface area contributed by atoms with Crippen LogP contribution in [0.4, 0.5) is 11.6 Å². The molecule has 0 bridgehead atoms. The van der Waals surface area contributed by atoms with Crippen molar-refractivity contribution in [1.82, 2.24) is 24.5 Å². The Balaban J connectivity index is 1.39. The van der Waals surface area contributed by atoms with Crippen molar-refractivity contribution >= 4 is 50.8 Å². The summed E-state index contributed by atoms with van der Waals surface area (Å²) in [6.07, 6.45) is 2.92. The summed E-state index contributed by atoms with van der Waals surface area (Å²) >= 11 is 12.4. The average Bonchev–Trinajstić information content (AvgIpc) is 2.90. The molecule has 2 aliphatic heterocycles. The van der Waals surface area contributed by atoms with Crippen molar-refractivity contribution in [2.45, 2.75) is 49.7 Å². The number of nitrogens with two attached hydrogens (primary N) is 2. The number of likely N-dealkylation sites (tertiary alicyclic amines) is 1. The minimum absolute atomic E-state index is 0.0221. The number of rotatable bonds is 8. The van der Waals surface area contributed by atoms with Crippen LogP contribution in [0.25, 0.3) is 0 Å². The van der Waals surface area contributed by atoms with Crippen LogP contribution in [0.5, 0.6) is 0 Å². The molecule has 1 amide bonds. The third-order valence-corrected chi connectivity index (χ3v) is 9.39. The molecule has 1 atom stereocenters. The van der Waals surface area contributed by atoms with Gasteiger partial charge in [0.25, 0.3) is 5.91 Å². The van der Waals surface area contributed by atoms with Crippen molar-refractivity contribution in [3.8, 4) is 0 Å². The number of amides is 1. The number of nitrogen functional groups attached to an aromatic ring is 1. The summed E-state index contributed by atoms with van der Waals surface area (Å²) in [6.45, 7) is 6.70. The number of sulfonamides is 1. The van der Waals surface area contributed by atoms with Crippen LogP contribution in [0, 0.1) is 0 Å². The van der Waals surface area contributed by atoms with Crippen LogP contribution >= 0.6 is 23.2 Å². The first-order valence-electron chi connectivity index (χ1n) is 12.6. The first-order chi connectivity index (χ1) is 18.0. The van der Waals surface area contributed by atoms with Gasteiger partial charge in [0.05, 0.1) is 4.90 Å². The van der Waals surface area contributed by atoms with Gasteiger partial charge >= 0.3 is 0 Å². The van der Waals surface area contributed by atoms with Crippen LogP contribution in [0.15, 0.2) is 23.1 Å². The van der Waals surface area contributed by atoms with E-state index < -0.39 is 15.9 Å². The standard InChI is InChI=1S/C24H34Cl2N8O3S/c1-3-17-14-33(24-21(26)30-20(23(28)35)22(27)31-24)10-11-34(17)18-6-8-32(9-7-18)13-15-4-5-16(25)12-19(15)38(36,37)29-2/h4-5,12,17-18,29H,3,6-11,13-14H2,1-2H3,(H2,27,31)(H2,28,35)/t17-/m0/s1. The van der Waals surface area contributed by atoms with Gasteiger partial charge in [-0.05, 0) is 57.1 Å². The molecule has 0 radical (unpaired) electrons. The lowest BCUT2D eigenvalue weighted by Crippen LogP contribution is -2.58. The molecule has 2 saturated heterocycles. The molecule has 38 heavy (non-hydrogen) atoms. The van der Waals surface area contributed by atoms with E-state index in [1.54, 1.807) is 12.1 Å². The molecule has 0 unspecified atom stereocenters. The van der Waals surface area contributed by atoms with E-state index in [0.29, 0.717) is 36.0 Å². The van der Waals surface area contributed by atoms with Crippen molar-refractivity contribution in [3.05, 3.63) is 39.6 Å². The van der Waals surface area contributed by atoms with Gasteiger partial charge < -0.3 is 16.4 Å². The third kappa shape index (κ3) is 6.16. The van der Waals surface area contributed by atoms with E-state index in [-0.39, 0.29) is 21.6 Å². The highest BCUT2D eigenvalue weighted by atomic mass is 35.5. The minimum Gasteiger partial charge on any atom is -0.382 e. The minimum atomic E-state index is -3.61. The highest BCUT2D eigenvalue weighted by Crippen LogP contribution is 2.30. The van der Waals surface area contributed by atoms with Gasteiger partial charge in [0, 0.05) is 43.3 Å². The van der Waals surface area contributed by atoms with Gasteiger partial charge in [-0.1, -0.05) is 36.2 Å². The maximum Gasteiger partial charge on any atom is 0.271 e. The molecule has 4 rings (SSSR count). The van der Waals surface area contributed by atoms with Crippen molar-refractivity contribution in [2.24, 2.45) is 5.73 Å². The largest absolute Gasteiger partial charge is 0.382 e. The Labute approximate surface area is 233 Å². The van der Waals surface area contributed by atoms with Crippen LogP contribution in [-0.4, -0.2) is 85.9 Å². The lowest BCUT2D eigenvalue weighted by Gasteiger charge is -2.47. The molecule has 1 aromatic carbocycles. The number of piperidine rings is 1. The van der Waals surface area contributed by atoms with Gasteiger partial charge in [-0.3, -0.25) is 14.6 Å². The molecule has 208 valence electrons. The number of halogens is 2. The molecule has 2 aromatic rings. The topological polar surface area (TPSA) is 151 Å². The van der Waals surface area contributed by atoms with E-state index in [9.17, 15) is 13.2 Å². The summed E-state index contributed by atoms with van der Waals surface area (Å²) in [5.74, 6) is -0.314. The van der Waals surface area contributed by atoms with Gasteiger partial charge in [-0.15, -0.1) is 0 Å². The Kier molecular flexibility index (Phi) is 9.00. The number of carbonyl (C=O) groups is 1. The molecule has 0 saturated carbocycles. The first-order valence-corrected chi connectivity index (χ1v) is 14.9. The molecule has 0 spiro atoms. The third-order valence-electron chi connectivity index (χ3n) is 7.40. The molecular weight excluding hydrogens is 551 g/mol. The lowest BCUT2D eigenvalue weighted by molar-refractivity contribution is 0.0608. The monoisotopic (exact) mass is 584 g/mol. The zero-order valence-electron chi connectivity index (χ0n) is 21.5. The number of nitrogens with one attached hydrogen (secondary N) is 1. The van der Waals surface area contributed by atoms with Crippen molar-refractivity contribution < 1.29 is 13.2 Å². The quantitative estimate of drug-likeness (QED) is 0.422. The summed E-state index contributed by atoms with van der Waals surface area (Å²) in [6, 6.07) is 5.75. The predicted octanol–water partition coefficient (Wildman–Crippen LogP) is 1.94. The summed E-state index contributed by atoms with van der Waals surface area (Å²) in [7, 11) is -2.20. The van der Waals surface area contributed by atoms with Gasteiger partial charge in [-0.25, -0.2) is 23.1 Å². The number of primary amides is 1. The number of hydrogen-bond donors (Lipinski definition) is 3. The van der Waals surface area contributed by atoms with Crippen LogP contribution in [0.2, 0.25) is 10.2 Å². The number of anilines is 2. The normalized spacial score (nSPS) is 20.1. The Bertz CT molecular complexity index is 1290. The Hall–Kier alpha value is -2.22. The number of carbonyl (C=O) groups excluding carboxylic acids is 1. The molecular formula is C24H34Cl2N8O3S. The molecule has 3 heterocycles. The molecule has 2 aliphatic rings. The number of benzene rings is 1. The first kappa shape index (κ1) is 28.8. The molecule has 5 N–H and O–H groups in total. The summed E-state index contributed by atoms with van der Waals surface area (Å²) < 4.78 is 27.4. The predicted molar refractivity (Wildman–Crippen MR) is 149 cm³/mol. The average molecular weight is 586 g/mol. The highest BCUT2D eigenvalue weighted by molar-refractivity contribution is 7.89.